The Morgan fingerprint density at radius 3 is 2.26 bits per heavy atom. The fraction of sp³-hybridized carbons (Fsp3) is 0.444. The van der Waals surface area contributed by atoms with Crippen molar-refractivity contribution < 1.29 is 22.7 Å². The van der Waals surface area contributed by atoms with Gasteiger partial charge in [0, 0.05) is 17.0 Å². The molecule has 1 heterocycles. The van der Waals surface area contributed by atoms with E-state index in [0.717, 1.165) is 49.1 Å². The Kier molecular flexibility index (Phi) is 4.48. The average molecular weight is 324 g/mol. The molecule has 5 heteroatoms. The van der Waals surface area contributed by atoms with E-state index in [1.54, 1.807) is 6.07 Å². The van der Waals surface area contributed by atoms with E-state index in [1.165, 1.54) is 18.6 Å². The van der Waals surface area contributed by atoms with Gasteiger partial charge in [0.15, 0.2) is 0 Å². The van der Waals surface area contributed by atoms with Crippen LogP contribution in [0.1, 0.15) is 54.9 Å². The van der Waals surface area contributed by atoms with Crippen molar-refractivity contribution in [2.75, 3.05) is 0 Å². The lowest BCUT2D eigenvalue weighted by atomic mass is 9.86. The predicted molar refractivity (Wildman–Crippen MR) is 80.9 cm³/mol. The maximum atomic E-state index is 12.6. The fourth-order valence-electron chi connectivity index (χ4n) is 3.24. The van der Waals surface area contributed by atoms with Crippen molar-refractivity contribution in [3.8, 4) is 11.3 Å². The van der Waals surface area contributed by atoms with Gasteiger partial charge in [-0.2, -0.15) is 13.2 Å². The predicted octanol–water partition coefficient (Wildman–Crippen LogP) is 5.51. The molecule has 1 aromatic carbocycles. The number of benzene rings is 1. The van der Waals surface area contributed by atoms with Gasteiger partial charge in [0.2, 0.25) is 0 Å². The molecule has 0 amide bonds. The molecule has 1 aliphatic carbocycles. The zero-order valence-corrected chi connectivity index (χ0v) is 12.7. The van der Waals surface area contributed by atoms with E-state index >= 15 is 0 Å². The van der Waals surface area contributed by atoms with Crippen LogP contribution in [0.3, 0.4) is 0 Å². The van der Waals surface area contributed by atoms with Gasteiger partial charge in [-0.1, -0.05) is 31.4 Å². The van der Waals surface area contributed by atoms with Gasteiger partial charge in [-0.3, -0.25) is 0 Å². The molecule has 1 saturated carbocycles. The van der Waals surface area contributed by atoms with Crippen molar-refractivity contribution in [2.45, 2.75) is 50.8 Å². The minimum atomic E-state index is -4.34. The van der Waals surface area contributed by atoms with Crippen LogP contribution in [0.5, 0.6) is 0 Å². The SMILES string of the molecule is OCc1cc(-c2ccc(C(F)(F)F)cc2)oc1C1CCCCC1. The average Bonchev–Trinajstić information content (AvgIpc) is 2.99. The van der Waals surface area contributed by atoms with E-state index in [2.05, 4.69) is 0 Å². The zero-order chi connectivity index (χ0) is 16.4. The third kappa shape index (κ3) is 3.44. The van der Waals surface area contributed by atoms with E-state index in [9.17, 15) is 18.3 Å². The molecule has 124 valence electrons. The van der Waals surface area contributed by atoms with Gasteiger partial charge in [0.1, 0.15) is 11.5 Å². The molecule has 1 N–H and O–H groups in total. The number of rotatable bonds is 3. The summed E-state index contributed by atoms with van der Waals surface area (Å²) in [6.07, 6.45) is 1.24. The van der Waals surface area contributed by atoms with E-state index in [1.807, 2.05) is 0 Å². The minimum Gasteiger partial charge on any atom is -0.460 e. The number of hydrogen-bond donors (Lipinski definition) is 1. The first kappa shape index (κ1) is 16.1. The zero-order valence-electron chi connectivity index (χ0n) is 12.7. The second-order valence-electron chi connectivity index (χ2n) is 6.07. The van der Waals surface area contributed by atoms with Gasteiger partial charge in [0.05, 0.1) is 12.2 Å². The highest BCUT2D eigenvalue weighted by molar-refractivity contribution is 5.59. The number of alkyl halides is 3. The summed E-state index contributed by atoms with van der Waals surface area (Å²) in [4.78, 5) is 0. The van der Waals surface area contributed by atoms with Gasteiger partial charge in [-0.05, 0) is 31.0 Å². The Hall–Kier alpha value is -1.75. The lowest BCUT2D eigenvalue weighted by Gasteiger charge is -2.20. The molecule has 0 bridgehead atoms. The van der Waals surface area contributed by atoms with E-state index in [0.29, 0.717) is 17.2 Å². The summed E-state index contributed by atoms with van der Waals surface area (Å²) in [5, 5.41) is 9.55. The van der Waals surface area contributed by atoms with Gasteiger partial charge in [0.25, 0.3) is 0 Å². The molecule has 2 nitrogen and oxygen atoms in total. The number of hydrogen-bond acceptors (Lipinski definition) is 2. The van der Waals surface area contributed by atoms with Crippen LogP contribution in [-0.4, -0.2) is 5.11 Å². The molecular weight excluding hydrogens is 305 g/mol. The normalized spacial score (nSPS) is 16.7. The first-order valence-electron chi connectivity index (χ1n) is 7.90. The third-order valence-corrected chi connectivity index (χ3v) is 4.48. The molecule has 1 aliphatic rings. The fourth-order valence-corrected chi connectivity index (χ4v) is 3.24. The summed E-state index contributed by atoms with van der Waals surface area (Å²) in [5.41, 5.74) is 0.657. The summed E-state index contributed by atoms with van der Waals surface area (Å²) in [6.45, 7) is -0.115. The van der Waals surface area contributed by atoms with Crippen molar-refractivity contribution in [3.63, 3.8) is 0 Å². The van der Waals surface area contributed by atoms with Gasteiger partial charge in [-0.15, -0.1) is 0 Å². The van der Waals surface area contributed by atoms with Crippen LogP contribution >= 0.6 is 0 Å². The molecule has 1 fully saturated rings. The van der Waals surface area contributed by atoms with E-state index in [4.69, 9.17) is 4.42 Å². The molecule has 23 heavy (non-hydrogen) atoms. The van der Waals surface area contributed by atoms with Crippen LogP contribution < -0.4 is 0 Å². The van der Waals surface area contributed by atoms with E-state index in [-0.39, 0.29) is 6.61 Å². The Morgan fingerprint density at radius 1 is 1.04 bits per heavy atom. The monoisotopic (exact) mass is 324 g/mol. The Labute approximate surface area is 132 Å². The molecule has 0 unspecified atom stereocenters. The summed E-state index contributed by atoms with van der Waals surface area (Å²) in [6, 6.07) is 6.67. The summed E-state index contributed by atoms with van der Waals surface area (Å²) >= 11 is 0. The van der Waals surface area contributed by atoms with Crippen molar-refractivity contribution in [3.05, 3.63) is 47.2 Å². The summed E-state index contributed by atoms with van der Waals surface area (Å²) in [5.74, 6) is 1.61. The van der Waals surface area contributed by atoms with Crippen LogP contribution in [0.25, 0.3) is 11.3 Å². The molecule has 1 aromatic heterocycles. The number of furan rings is 1. The first-order valence-corrected chi connectivity index (χ1v) is 7.90. The second-order valence-corrected chi connectivity index (χ2v) is 6.07. The molecule has 0 spiro atoms. The maximum Gasteiger partial charge on any atom is 0.416 e. The smallest absolute Gasteiger partial charge is 0.416 e. The van der Waals surface area contributed by atoms with Crippen LogP contribution in [-0.2, 0) is 12.8 Å². The maximum absolute atomic E-state index is 12.6. The Morgan fingerprint density at radius 2 is 1.70 bits per heavy atom. The third-order valence-electron chi connectivity index (χ3n) is 4.48. The van der Waals surface area contributed by atoms with Gasteiger partial charge < -0.3 is 9.52 Å². The molecule has 0 saturated heterocycles. The van der Waals surface area contributed by atoms with Gasteiger partial charge in [-0.25, -0.2) is 0 Å². The van der Waals surface area contributed by atoms with Crippen LogP contribution in [0.15, 0.2) is 34.7 Å². The first-order chi connectivity index (χ1) is 11.0. The van der Waals surface area contributed by atoms with Crippen LogP contribution in [0.4, 0.5) is 13.2 Å². The van der Waals surface area contributed by atoms with Crippen molar-refractivity contribution >= 4 is 0 Å². The topological polar surface area (TPSA) is 33.4 Å². The number of halogens is 3. The summed E-state index contributed by atoms with van der Waals surface area (Å²) < 4.78 is 43.8. The highest BCUT2D eigenvalue weighted by Crippen LogP contribution is 2.38. The van der Waals surface area contributed by atoms with Crippen molar-refractivity contribution in [2.24, 2.45) is 0 Å². The van der Waals surface area contributed by atoms with E-state index < -0.39 is 11.7 Å². The molecule has 2 aromatic rings. The summed E-state index contributed by atoms with van der Waals surface area (Å²) in [7, 11) is 0. The van der Waals surface area contributed by atoms with Gasteiger partial charge >= 0.3 is 6.18 Å². The van der Waals surface area contributed by atoms with Crippen molar-refractivity contribution in [1.82, 2.24) is 0 Å². The highest BCUT2D eigenvalue weighted by Gasteiger charge is 2.30. The standard InChI is InChI=1S/C18H19F3O2/c19-18(20,21)15-8-6-12(7-9-15)16-10-14(11-22)17(23-16)13-4-2-1-3-5-13/h6-10,13,22H,1-5,11H2. The van der Waals surface area contributed by atoms with Crippen LogP contribution in [0.2, 0.25) is 0 Å². The quantitative estimate of drug-likeness (QED) is 0.808. The highest BCUT2D eigenvalue weighted by atomic mass is 19.4. The molecule has 0 atom stereocenters. The Bertz CT molecular complexity index is 650. The Balaban J connectivity index is 1.89. The second kappa shape index (κ2) is 6.40. The lowest BCUT2D eigenvalue weighted by molar-refractivity contribution is -0.137. The largest absolute Gasteiger partial charge is 0.460 e. The molecule has 0 radical (unpaired) electrons. The molecule has 0 aliphatic heterocycles. The lowest BCUT2D eigenvalue weighted by Crippen LogP contribution is -2.05. The number of aliphatic hydroxyl groups is 1. The minimum absolute atomic E-state index is 0.115. The molecular formula is C18H19F3O2. The number of aliphatic hydroxyl groups excluding tert-OH is 1. The van der Waals surface area contributed by atoms with Crippen molar-refractivity contribution in [1.29, 1.82) is 0 Å². The van der Waals surface area contributed by atoms with Crippen LogP contribution in [0, 0.1) is 0 Å². The molecule has 3 rings (SSSR count).